The van der Waals surface area contributed by atoms with E-state index in [1.807, 2.05) is 11.9 Å². The lowest BCUT2D eigenvalue weighted by molar-refractivity contribution is -0.140. The maximum Gasteiger partial charge on any atom is 0.251 e. The zero-order chi connectivity index (χ0) is 11.5. The molecule has 15 heavy (non-hydrogen) atoms. The molecule has 1 heterocycles. The van der Waals surface area contributed by atoms with Crippen molar-refractivity contribution in [2.24, 2.45) is 5.41 Å². The molecule has 1 fully saturated rings. The van der Waals surface area contributed by atoms with E-state index in [-0.39, 0.29) is 17.4 Å². The van der Waals surface area contributed by atoms with E-state index >= 15 is 0 Å². The van der Waals surface area contributed by atoms with Crippen LogP contribution in [-0.2, 0) is 9.53 Å². The first-order chi connectivity index (χ1) is 6.96. The molecule has 0 aromatic carbocycles. The highest BCUT2D eigenvalue weighted by molar-refractivity contribution is 5.80. The molecule has 3 nitrogen and oxygen atoms in total. The van der Waals surface area contributed by atoms with Crippen molar-refractivity contribution in [1.29, 1.82) is 0 Å². The van der Waals surface area contributed by atoms with E-state index in [1.54, 1.807) is 0 Å². The van der Waals surface area contributed by atoms with Crippen molar-refractivity contribution in [2.45, 2.75) is 46.1 Å². The minimum Gasteiger partial charge on any atom is -0.368 e. The molecule has 0 aromatic heterocycles. The number of hydrogen-bond acceptors (Lipinski definition) is 2. The van der Waals surface area contributed by atoms with Crippen LogP contribution in [0.5, 0.6) is 0 Å². The topological polar surface area (TPSA) is 29.5 Å². The van der Waals surface area contributed by atoms with E-state index in [9.17, 15) is 4.79 Å². The normalized spacial score (nSPS) is 21.7. The predicted octanol–water partition coefficient (Wildman–Crippen LogP) is 2.06. The third-order valence-electron chi connectivity index (χ3n) is 3.20. The summed E-state index contributed by atoms with van der Waals surface area (Å²) in [6.45, 7) is 8.08. The van der Waals surface area contributed by atoms with Crippen molar-refractivity contribution in [1.82, 2.24) is 4.90 Å². The lowest BCUT2D eigenvalue weighted by Gasteiger charge is -2.30. The fourth-order valence-corrected chi connectivity index (χ4v) is 1.85. The van der Waals surface area contributed by atoms with Crippen molar-refractivity contribution >= 4 is 5.91 Å². The first kappa shape index (κ1) is 12.5. The van der Waals surface area contributed by atoms with Crippen LogP contribution in [0, 0.1) is 5.41 Å². The van der Waals surface area contributed by atoms with E-state index in [4.69, 9.17) is 4.74 Å². The summed E-state index contributed by atoms with van der Waals surface area (Å²) in [4.78, 5) is 13.8. The summed E-state index contributed by atoms with van der Waals surface area (Å²) in [6, 6.07) is 0. The fourth-order valence-electron chi connectivity index (χ4n) is 1.85. The summed E-state index contributed by atoms with van der Waals surface area (Å²) >= 11 is 0. The minimum atomic E-state index is -0.178. The van der Waals surface area contributed by atoms with Gasteiger partial charge in [0.1, 0.15) is 6.10 Å². The summed E-state index contributed by atoms with van der Waals surface area (Å²) in [5, 5.41) is 0. The zero-order valence-electron chi connectivity index (χ0n) is 10.4. The quantitative estimate of drug-likeness (QED) is 0.715. The van der Waals surface area contributed by atoms with Gasteiger partial charge in [-0.15, -0.1) is 0 Å². The van der Waals surface area contributed by atoms with Gasteiger partial charge in [-0.1, -0.05) is 20.8 Å². The van der Waals surface area contributed by atoms with Gasteiger partial charge in [0.05, 0.1) is 0 Å². The lowest BCUT2D eigenvalue weighted by atomic mass is 9.89. The minimum absolute atomic E-state index is 0.147. The van der Waals surface area contributed by atoms with Crippen LogP contribution < -0.4 is 0 Å². The number of likely N-dealkylation sites (N-methyl/N-ethyl adjacent to an activating group) is 1. The van der Waals surface area contributed by atoms with Crippen molar-refractivity contribution in [3.63, 3.8) is 0 Å². The Hall–Kier alpha value is -0.570. The predicted molar refractivity (Wildman–Crippen MR) is 60.7 cm³/mol. The Kier molecular flexibility index (Phi) is 4.14. The van der Waals surface area contributed by atoms with Crippen molar-refractivity contribution in [3.8, 4) is 0 Å². The smallest absolute Gasteiger partial charge is 0.251 e. The molecular weight excluding hydrogens is 190 g/mol. The van der Waals surface area contributed by atoms with E-state index in [1.165, 1.54) is 0 Å². The van der Waals surface area contributed by atoms with Crippen LogP contribution in [0.25, 0.3) is 0 Å². The largest absolute Gasteiger partial charge is 0.368 e. The van der Waals surface area contributed by atoms with Crippen LogP contribution in [0.2, 0.25) is 0 Å². The van der Waals surface area contributed by atoms with Crippen LogP contribution in [0.15, 0.2) is 0 Å². The van der Waals surface area contributed by atoms with Crippen LogP contribution in [0.1, 0.15) is 40.0 Å². The van der Waals surface area contributed by atoms with Gasteiger partial charge < -0.3 is 9.64 Å². The Morgan fingerprint density at radius 2 is 2.20 bits per heavy atom. The summed E-state index contributed by atoms with van der Waals surface area (Å²) in [5.74, 6) is 0.147. The summed E-state index contributed by atoms with van der Waals surface area (Å²) in [5.41, 5.74) is 0.197. The Balaban J connectivity index is 2.45. The second-order valence-electron chi connectivity index (χ2n) is 5.21. The highest BCUT2D eigenvalue weighted by Crippen LogP contribution is 2.22. The van der Waals surface area contributed by atoms with Gasteiger partial charge in [0.25, 0.3) is 5.91 Å². The molecule has 0 N–H and O–H groups in total. The number of amides is 1. The molecule has 1 aliphatic rings. The molecule has 88 valence electrons. The molecule has 0 radical (unpaired) electrons. The molecule has 0 spiro atoms. The summed E-state index contributed by atoms with van der Waals surface area (Å²) < 4.78 is 5.39. The highest BCUT2D eigenvalue weighted by Gasteiger charge is 2.29. The fraction of sp³-hybridized carbons (Fsp3) is 0.917. The molecule has 1 aliphatic heterocycles. The SMILES string of the molecule is CCC(C)(C)CN(C)C(=O)[C@@H]1CCCO1. The Labute approximate surface area is 92.8 Å². The maximum absolute atomic E-state index is 11.9. The summed E-state index contributed by atoms with van der Waals surface area (Å²) in [6.07, 6.45) is 2.80. The monoisotopic (exact) mass is 213 g/mol. The van der Waals surface area contributed by atoms with E-state index in [2.05, 4.69) is 20.8 Å². The van der Waals surface area contributed by atoms with Gasteiger partial charge in [0.2, 0.25) is 0 Å². The number of nitrogens with zero attached hydrogens (tertiary/aromatic N) is 1. The van der Waals surface area contributed by atoms with Crippen molar-refractivity contribution < 1.29 is 9.53 Å². The molecule has 3 heteroatoms. The number of carbonyl (C=O) groups excluding carboxylic acids is 1. The Morgan fingerprint density at radius 3 is 2.67 bits per heavy atom. The van der Waals surface area contributed by atoms with Gasteiger partial charge >= 0.3 is 0 Å². The van der Waals surface area contributed by atoms with Gasteiger partial charge in [-0.25, -0.2) is 0 Å². The first-order valence-electron chi connectivity index (χ1n) is 5.83. The number of ether oxygens (including phenoxy) is 1. The summed E-state index contributed by atoms with van der Waals surface area (Å²) in [7, 11) is 1.88. The van der Waals surface area contributed by atoms with Gasteiger partial charge in [-0.2, -0.15) is 0 Å². The molecule has 0 aromatic rings. The number of rotatable bonds is 4. The van der Waals surface area contributed by atoms with Crippen LogP contribution in [-0.4, -0.2) is 37.1 Å². The molecule has 0 bridgehead atoms. The van der Waals surface area contributed by atoms with E-state index in [0.29, 0.717) is 0 Å². The van der Waals surface area contributed by atoms with Crippen molar-refractivity contribution in [3.05, 3.63) is 0 Å². The lowest BCUT2D eigenvalue weighted by Crippen LogP contribution is -2.41. The van der Waals surface area contributed by atoms with E-state index < -0.39 is 0 Å². The van der Waals surface area contributed by atoms with Gasteiger partial charge in [0.15, 0.2) is 0 Å². The molecule has 1 rings (SSSR count). The Morgan fingerprint density at radius 1 is 1.53 bits per heavy atom. The van der Waals surface area contributed by atoms with Gasteiger partial charge in [-0.3, -0.25) is 4.79 Å². The van der Waals surface area contributed by atoms with Crippen LogP contribution in [0.4, 0.5) is 0 Å². The van der Waals surface area contributed by atoms with Crippen LogP contribution >= 0.6 is 0 Å². The zero-order valence-corrected chi connectivity index (χ0v) is 10.4. The molecule has 1 atom stereocenters. The average Bonchev–Trinajstić information content (AvgIpc) is 2.68. The molecular formula is C12H23NO2. The highest BCUT2D eigenvalue weighted by atomic mass is 16.5. The third kappa shape index (κ3) is 3.49. The number of carbonyl (C=O) groups is 1. The standard InChI is InChI=1S/C12H23NO2/c1-5-12(2,3)9-13(4)11(14)10-7-6-8-15-10/h10H,5-9H2,1-4H3/t10-/m0/s1. The molecule has 1 saturated heterocycles. The van der Waals surface area contributed by atoms with E-state index in [0.717, 1.165) is 32.4 Å². The third-order valence-corrected chi connectivity index (χ3v) is 3.20. The second-order valence-corrected chi connectivity index (χ2v) is 5.21. The molecule has 0 saturated carbocycles. The first-order valence-corrected chi connectivity index (χ1v) is 5.83. The molecule has 0 aliphatic carbocycles. The Bertz CT molecular complexity index is 220. The van der Waals surface area contributed by atoms with Crippen LogP contribution in [0.3, 0.4) is 0 Å². The average molecular weight is 213 g/mol. The molecule has 1 amide bonds. The number of hydrogen-bond donors (Lipinski definition) is 0. The molecule has 0 unspecified atom stereocenters. The second kappa shape index (κ2) is 4.97. The van der Waals surface area contributed by atoms with Crippen molar-refractivity contribution in [2.75, 3.05) is 20.2 Å². The maximum atomic E-state index is 11.9. The van der Waals surface area contributed by atoms with Gasteiger partial charge in [-0.05, 0) is 24.7 Å². The van der Waals surface area contributed by atoms with Gasteiger partial charge in [0, 0.05) is 20.2 Å².